The van der Waals surface area contributed by atoms with Crippen LogP contribution in [-0.4, -0.2) is 18.7 Å². The van der Waals surface area contributed by atoms with Crippen molar-refractivity contribution in [1.82, 2.24) is 0 Å². The van der Waals surface area contributed by atoms with E-state index >= 15 is 0 Å². The second-order valence-corrected chi connectivity index (χ2v) is 6.28. The summed E-state index contributed by atoms with van der Waals surface area (Å²) in [6, 6.07) is 8.42. The lowest BCUT2D eigenvalue weighted by atomic mass is 10.4. The van der Waals surface area contributed by atoms with E-state index in [-0.39, 0.29) is 5.92 Å². The molecule has 0 saturated heterocycles. The van der Waals surface area contributed by atoms with Gasteiger partial charge >= 0.3 is 0 Å². The van der Waals surface area contributed by atoms with Gasteiger partial charge in [-0.2, -0.15) is 0 Å². The van der Waals surface area contributed by atoms with Crippen molar-refractivity contribution in [2.45, 2.75) is 16.6 Å². The lowest BCUT2D eigenvalue weighted by molar-refractivity contribution is 0.594. The molecule has 0 amide bonds. The first-order valence-electron chi connectivity index (χ1n) is 4.62. The van der Waals surface area contributed by atoms with E-state index in [2.05, 4.69) is 0 Å². The van der Waals surface area contributed by atoms with Gasteiger partial charge in [0.05, 0.1) is 15.1 Å². The molecule has 0 aliphatic heterocycles. The molecule has 0 aromatic heterocycles. The fraction of sp³-hybridized carbons (Fsp3) is 0.300. The van der Waals surface area contributed by atoms with Gasteiger partial charge in [0, 0.05) is 5.92 Å². The highest BCUT2D eigenvalue weighted by Gasteiger charge is 2.49. The summed E-state index contributed by atoms with van der Waals surface area (Å²) < 4.78 is 24.0. The molecule has 1 aliphatic carbocycles. The Labute approximate surface area is 94.2 Å². The highest BCUT2D eigenvalue weighted by molar-refractivity contribution is 7.92. The topological polar surface area (TPSA) is 60.2 Å². The van der Waals surface area contributed by atoms with Gasteiger partial charge in [0.1, 0.15) is 0 Å². The van der Waals surface area contributed by atoms with Crippen molar-refractivity contribution in [3.8, 4) is 0 Å². The molecule has 5 heteroatoms. The number of hydrogen-bond acceptors (Lipinski definition) is 3. The summed E-state index contributed by atoms with van der Waals surface area (Å²) in [5, 5.41) is -0.405. The average molecular weight is 241 g/mol. The highest BCUT2D eigenvalue weighted by atomic mass is 32.2. The minimum Gasteiger partial charge on any atom is -0.393 e. The Morgan fingerprint density at radius 2 is 1.93 bits per heavy atom. The standard InChI is InChI=1S/C10H11NO2S2/c11-10(14)8-6-9(8)15(12,13)7-4-2-1-3-5-7/h1-5,8-9H,6H2,(H2,11,14)/t8-,9+/m1/s1. The first-order chi connectivity index (χ1) is 7.03. The van der Waals surface area contributed by atoms with Gasteiger partial charge < -0.3 is 5.73 Å². The fourth-order valence-electron chi connectivity index (χ4n) is 1.60. The number of sulfone groups is 1. The van der Waals surface area contributed by atoms with Crippen molar-refractivity contribution < 1.29 is 8.42 Å². The molecule has 1 aromatic rings. The molecular formula is C10H11NO2S2. The fourth-order valence-corrected chi connectivity index (χ4v) is 3.87. The van der Waals surface area contributed by atoms with Crippen LogP contribution in [0.1, 0.15) is 6.42 Å². The van der Waals surface area contributed by atoms with Crippen molar-refractivity contribution in [2.24, 2.45) is 11.7 Å². The molecule has 1 saturated carbocycles. The smallest absolute Gasteiger partial charge is 0.181 e. The van der Waals surface area contributed by atoms with Crippen molar-refractivity contribution in [2.75, 3.05) is 0 Å². The summed E-state index contributed by atoms with van der Waals surface area (Å²) in [5.74, 6) is -0.134. The van der Waals surface area contributed by atoms with Gasteiger partial charge in [-0.15, -0.1) is 0 Å². The predicted octanol–water partition coefficient (Wildman–Crippen LogP) is 1.13. The Hall–Kier alpha value is -0.940. The minimum absolute atomic E-state index is 0.134. The van der Waals surface area contributed by atoms with Gasteiger partial charge in [0.25, 0.3) is 0 Å². The van der Waals surface area contributed by atoms with E-state index in [9.17, 15) is 8.42 Å². The molecule has 0 bridgehead atoms. The maximum absolute atomic E-state index is 12.0. The van der Waals surface area contributed by atoms with Crippen LogP contribution < -0.4 is 5.73 Å². The summed E-state index contributed by atoms with van der Waals surface area (Å²) in [5.41, 5.74) is 5.43. The third-order valence-electron chi connectivity index (χ3n) is 2.57. The number of rotatable bonds is 3. The zero-order valence-corrected chi connectivity index (χ0v) is 9.59. The van der Waals surface area contributed by atoms with Gasteiger partial charge in [-0.25, -0.2) is 8.42 Å². The number of hydrogen-bond donors (Lipinski definition) is 1. The number of nitrogens with two attached hydrogens (primary N) is 1. The van der Waals surface area contributed by atoms with E-state index in [0.29, 0.717) is 16.3 Å². The van der Waals surface area contributed by atoms with E-state index in [1.807, 2.05) is 0 Å². The molecule has 0 radical (unpaired) electrons. The van der Waals surface area contributed by atoms with Crippen LogP contribution in [0.25, 0.3) is 0 Å². The minimum atomic E-state index is -3.23. The van der Waals surface area contributed by atoms with Crippen molar-refractivity contribution in [3.63, 3.8) is 0 Å². The molecule has 15 heavy (non-hydrogen) atoms. The molecule has 1 aromatic carbocycles. The quantitative estimate of drug-likeness (QED) is 0.806. The van der Waals surface area contributed by atoms with Crippen LogP contribution in [0.15, 0.2) is 35.2 Å². The Morgan fingerprint density at radius 3 is 2.40 bits per heavy atom. The van der Waals surface area contributed by atoms with Crippen LogP contribution in [0.4, 0.5) is 0 Å². The summed E-state index contributed by atoms with van der Waals surface area (Å²) in [4.78, 5) is 0.660. The van der Waals surface area contributed by atoms with Crippen LogP contribution in [0, 0.1) is 5.92 Å². The molecule has 1 aliphatic rings. The number of benzene rings is 1. The number of thiocarbonyl (C=S) groups is 1. The average Bonchev–Trinajstić information content (AvgIpc) is 2.99. The Bertz CT molecular complexity index is 481. The van der Waals surface area contributed by atoms with E-state index in [4.69, 9.17) is 18.0 Å². The van der Waals surface area contributed by atoms with Crippen molar-refractivity contribution in [3.05, 3.63) is 30.3 Å². The lowest BCUT2D eigenvalue weighted by Gasteiger charge is -2.02. The second-order valence-electron chi connectivity index (χ2n) is 3.64. The van der Waals surface area contributed by atoms with Crippen molar-refractivity contribution in [1.29, 1.82) is 0 Å². The maximum atomic E-state index is 12.0. The summed E-state index contributed by atoms with van der Waals surface area (Å²) in [6.45, 7) is 0. The Kier molecular flexibility index (Phi) is 2.52. The van der Waals surface area contributed by atoms with Crippen LogP contribution in [0.5, 0.6) is 0 Å². The molecular weight excluding hydrogens is 230 g/mol. The molecule has 2 N–H and O–H groups in total. The summed E-state index contributed by atoms with van der Waals surface area (Å²) in [7, 11) is -3.23. The molecule has 80 valence electrons. The van der Waals surface area contributed by atoms with Crippen LogP contribution in [0.3, 0.4) is 0 Å². The zero-order valence-electron chi connectivity index (χ0n) is 7.96. The summed E-state index contributed by atoms with van der Waals surface area (Å²) >= 11 is 4.79. The van der Waals surface area contributed by atoms with Gasteiger partial charge in [-0.1, -0.05) is 30.4 Å². The molecule has 0 spiro atoms. The Morgan fingerprint density at radius 1 is 1.33 bits per heavy atom. The first kappa shape index (κ1) is 10.6. The normalized spacial score (nSPS) is 24.8. The molecule has 2 rings (SSSR count). The molecule has 3 nitrogen and oxygen atoms in total. The van der Waals surface area contributed by atoms with E-state index in [1.165, 1.54) is 0 Å². The van der Waals surface area contributed by atoms with E-state index in [0.717, 1.165) is 0 Å². The Balaban J connectivity index is 2.28. The third kappa shape index (κ3) is 1.89. The van der Waals surface area contributed by atoms with E-state index < -0.39 is 15.1 Å². The molecule has 1 fully saturated rings. The highest BCUT2D eigenvalue weighted by Crippen LogP contribution is 2.40. The molecule has 2 atom stereocenters. The van der Waals surface area contributed by atoms with Gasteiger partial charge in [-0.3, -0.25) is 0 Å². The molecule has 0 heterocycles. The van der Waals surface area contributed by atoms with Crippen LogP contribution >= 0.6 is 12.2 Å². The maximum Gasteiger partial charge on any atom is 0.181 e. The SMILES string of the molecule is NC(=S)[C@@H]1C[C@@H]1S(=O)(=O)c1ccccc1. The first-order valence-corrected chi connectivity index (χ1v) is 6.57. The van der Waals surface area contributed by atoms with Crippen LogP contribution in [0.2, 0.25) is 0 Å². The van der Waals surface area contributed by atoms with Crippen LogP contribution in [-0.2, 0) is 9.84 Å². The van der Waals surface area contributed by atoms with E-state index in [1.54, 1.807) is 30.3 Å². The third-order valence-corrected chi connectivity index (χ3v) is 5.12. The second kappa shape index (κ2) is 3.57. The molecule has 0 unspecified atom stereocenters. The monoisotopic (exact) mass is 241 g/mol. The van der Waals surface area contributed by atoms with Gasteiger partial charge in [0.2, 0.25) is 0 Å². The van der Waals surface area contributed by atoms with Crippen molar-refractivity contribution >= 4 is 27.0 Å². The predicted molar refractivity (Wildman–Crippen MR) is 62.3 cm³/mol. The lowest BCUT2D eigenvalue weighted by Crippen LogP contribution is -2.17. The van der Waals surface area contributed by atoms with Gasteiger partial charge in [-0.05, 0) is 18.6 Å². The summed E-state index contributed by atoms with van der Waals surface area (Å²) in [6.07, 6.45) is 0.562. The van der Waals surface area contributed by atoms with Gasteiger partial charge in [0.15, 0.2) is 9.84 Å². The largest absolute Gasteiger partial charge is 0.393 e. The zero-order chi connectivity index (χ0) is 11.1.